The Morgan fingerprint density at radius 1 is 1.36 bits per heavy atom. The SMILES string of the molecule is CNc1nccc(CNC(C)(C)C)n1. The molecule has 0 saturated carbocycles. The van der Waals surface area contributed by atoms with Crippen LogP contribution in [0, 0.1) is 0 Å². The van der Waals surface area contributed by atoms with Crippen molar-refractivity contribution in [3.8, 4) is 0 Å². The number of nitrogens with zero attached hydrogens (tertiary/aromatic N) is 2. The minimum absolute atomic E-state index is 0.116. The normalized spacial score (nSPS) is 11.4. The Labute approximate surface area is 85.2 Å². The predicted molar refractivity (Wildman–Crippen MR) is 58.2 cm³/mol. The third kappa shape index (κ3) is 3.70. The van der Waals surface area contributed by atoms with Crippen molar-refractivity contribution < 1.29 is 0 Å². The fraction of sp³-hybridized carbons (Fsp3) is 0.600. The van der Waals surface area contributed by atoms with Crippen molar-refractivity contribution in [3.05, 3.63) is 18.0 Å². The molecule has 0 bridgehead atoms. The highest BCUT2D eigenvalue weighted by atomic mass is 15.1. The van der Waals surface area contributed by atoms with Gasteiger partial charge in [0.05, 0.1) is 5.69 Å². The molecule has 0 aliphatic carbocycles. The van der Waals surface area contributed by atoms with Gasteiger partial charge in [-0.05, 0) is 26.8 Å². The largest absolute Gasteiger partial charge is 0.357 e. The molecule has 1 heterocycles. The molecule has 0 atom stereocenters. The van der Waals surface area contributed by atoms with Gasteiger partial charge in [0.1, 0.15) is 0 Å². The summed E-state index contributed by atoms with van der Waals surface area (Å²) in [7, 11) is 1.82. The van der Waals surface area contributed by atoms with Crippen LogP contribution in [0.1, 0.15) is 26.5 Å². The van der Waals surface area contributed by atoms with E-state index >= 15 is 0 Å². The van der Waals surface area contributed by atoms with Gasteiger partial charge in [0, 0.05) is 25.3 Å². The van der Waals surface area contributed by atoms with E-state index in [1.165, 1.54) is 0 Å². The third-order valence-electron chi connectivity index (χ3n) is 1.74. The molecule has 0 aliphatic heterocycles. The lowest BCUT2D eigenvalue weighted by Crippen LogP contribution is -2.35. The van der Waals surface area contributed by atoms with Crippen LogP contribution in [0.4, 0.5) is 5.95 Å². The van der Waals surface area contributed by atoms with Crippen molar-refractivity contribution in [2.45, 2.75) is 32.9 Å². The fourth-order valence-corrected chi connectivity index (χ4v) is 0.971. The van der Waals surface area contributed by atoms with Gasteiger partial charge in [-0.25, -0.2) is 9.97 Å². The zero-order chi connectivity index (χ0) is 10.6. The maximum atomic E-state index is 4.31. The highest BCUT2D eigenvalue weighted by molar-refractivity contribution is 5.23. The van der Waals surface area contributed by atoms with E-state index in [-0.39, 0.29) is 5.54 Å². The van der Waals surface area contributed by atoms with Crippen molar-refractivity contribution >= 4 is 5.95 Å². The molecule has 0 aliphatic rings. The summed E-state index contributed by atoms with van der Waals surface area (Å²) in [6.45, 7) is 7.16. The molecule has 4 nitrogen and oxygen atoms in total. The zero-order valence-corrected chi connectivity index (χ0v) is 9.26. The zero-order valence-electron chi connectivity index (χ0n) is 9.26. The predicted octanol–water partition coefficient (Wildman–Crippen LogP) is 1.41. The molecule has 14 heavy (non-hydrogen) atoms. The lowest BCUT2D eigenvalue weighted by Gasteiger charge is -2.20. The molecule has 0 spiro atoms. The summed E-state index contributed by atoms with van der Waals surface area (Å²) in [5.74, 6) is 0.665. The number of nitrogens with one attached hydrogen (secondary N) is 2. The Balaban J connectivity index is 2.59. The van der Waals surface area contributed by atoms with Crippen LogP contribution in [0.25, 0.3) is 0 Å². The molecule has 0 amide bonds. The maximum absolute atomic E-state index is 4.31. The summed E-state index contributed by atoms with van der Waals surface area (Å²) in [5, 5.41) is 6.29. The fourth-order valence-electron chi connectivity index (χ4n) is 0.971. The van der Waals surface area contributed by atoms with Gasteiger partial charge >= 0.3 is 0 Å². The number of aromatic nitrogens is 2. The molecule has 0 radical (unpaired) electrons. The van der Waals surface area contributed by atoms with E-state index in [1.54, 1.807) is 6.20 Å². The van der Waals surface area contributed by atoms with Gasteiger partial charge in [0.15, 0.2) is 0 Å². The smallest absolute Gasteiger partial charge is 0.222 e. The van der Waals surface area contributed by atoms with E-state index in [4.69, 9.17) is 0 Å². The number of hydrogen-bond acceptors (Lipinski definition) is 4. The van der Waals surface area contributed by atoms with Gasteiger partial charge < -0.3 is 10.6 Å². The Morgan fingerprint density at radius 2 is 2.07 bits per heavy atom. The number of anilines is 1. The van der Waals surface area contributed by atoms with Crippen LogP contribution in [-0.2, 0) is 6.54 Å². The highest BCUT2D eigenvalue weighted by Crippen LogP contribution is 2.03. The molecule has 0 saturated heterocycles. The van der Waals surface area contributed by atoms with Crippen LogP contribution >= 0.6 is 0 Å². The van der Waals surface area contributed by atoms with Crippen molar-refractivity contribution in [1.29, 1.82) is 0 Å². The average Bonchev–Trinajstić information content (AvgIpc) is 2.14. The van der Waals surface area contributed by atoms with Crippen LogP contribution in [0.3, 0.4) is 0 Å². The Bertz CT molecular complexity index is 290. The standard InChI is InChI=1S/C10H18N4/c1-10(2,3)13-7-8-5-6-12-9(11-4)14-8/h5-6,13H,7H2,1-4H3,(H,11,12,14). The molecule has 1 aromatic rings. The van der Waals surface area contributed by atoms with Crippen molar-refractivity contribution in [3.63, 3.8) is 0 Å². The lowest BCUT2D eigenvalue weighted by molar-refractivity contribution is 0.421. The first-order chi connectivity index (χ1) is 6.51. The van der Waals surface area contributed by atoms with Gasteiger partial charge in [-0.15, -0.1) is 0 Å². The summed E-state index contributed by atoms with van der Waals surface area (Å²) < 4.78 is 0. The van der Waals surface area contributed by atoms with Gasteiger partial charge in [0.25, 0.3) is 0 Å². The van der Waals surface area contributed by atoms with E-state index in [0.29, 0.717) is 5.95 Å². The van der Waals surface area contributed by atoms with E-state index in [0.717, 1.165) is 12.2 Å². The van der Waals surface area contributed by atoms with Crippen molar-refractivity contribution in [2.75, 3.05) is 12.4 Å². The van der Waals surface area contributed by atoms with E-state index in [9.17, 15) is 0 Å². The van der Waals surface area contributed by atoms with Crippen molar-refractivity contribution in [1.82, 2.24) is 15.3 Å². The number of hydrogen-bond donors (Lipinski definition) is 2. The molecule has 4 heteroatoms. The van der Waals surface area contributed by atoms with Crippen LogP contribution < -0.4 is 10.6 Å². The van der Waals surface area contributed by atoms with Gasteiger partial charge in [-0.2, -0.15) is 0 Å². The summed E-state index contributed by atoms with van der Waals surface area (Å²) in [6, 6.07) is 1.92. The molecular weight excluding hydrogens is 176 g/mol. The molecule has 2 N–H and O–H groups in total. The first-order valence-corrected chi connectivity index (χ1v) is 4.76. The van der Waals surface area contributed by atoms with E-state index < -0.39 is 0 Å². The van der Waals surface area contributed by atoms with E-state index in [1.807, 2.05) is 13.1 Å². The molecule has 0 unspecified atom stereocenters. The molecule has 0 fully saturated rings. The lowest BCUT2D eigenvalue weighted by atomic mass is 10.1. The second-order valence-corrected chi connectivity index (χ2v) is 4.23. The van der Waals surface area contributed by atoms with Crippen molar-refractivity contribution in [2.24, 2.45) is 0 Å². The van der Waals surface area contributed by atoms with Crippen LogP contribution in [0.15, 0.2) is 12.3 Å². The maximum Gasteiger partial charge on any atom is 0.222 e. The topological polar surface area (TPSA) is 49.8 Å². The summed E-state index contributed by atoms with van der Waals surface area (Å²) in [4.78, 5) is 8.36. The Morgan fingerprint density at radius 3 is 2.64 bits per heavy atom. The van der Waals surface area contributed by atoms with Gasteiger partial charge in [-0.1, -0.05) is 0 Å². The molecule has 78 valence electrons. The molecule has 0 aromatic carbocycles. The van der Waals surface area contributed by atoms with E-state index in [2.05, 4.69) is 41.4 Å². The minimum atomic E-state index is 0.116. The van der Waals surface area contributed by atoms with Gasteiger partial charge in [-0.3, -0.25) is 0 Å². The number of rotatable bonds is 3. The summed E-state index contributed by atoms with van der Waals surface area (Å²) >= 11 is 0. The quantitative estimate of drug-likeness (QED) is 0.763. The molecule has 1 rings (SSSR count). The Kier molecular flexibility index (Phi) is 3.41. The van der Waals surface area contributed by atoms with Crippen LogP contribution in [0.5, 0.6) is 0 Å². The third-order valence-corrected chi connectivity index (χ3v) is 1.74. The Hall–Kier alpha value is -1.16. The summed E-state index contributed by atoms with van der Waals surface area (Å²) in [5.41, 5.74) is 1.12. The molecular formula is C10H18N4. The second kappa shape index (κ2) is 4.37. The first kappa shape index (κ1) is 10.9. The average molecular weight is 194 g/mol. The summed E-state index contributed by atoms with van der Waals surface area (Å²) in [6.07, 6.45) is 1.76. The molecule has 1 aromatic heterocycles. The second-order valence-electron chi connectivity index (χ2n) is 4.23. The minimum Gasteiger partial charge on any atom is -0.357 e. The van der Waals surface area contributed by atoms with Gasteiger partial charge in [0.2, 0.25) is 5.95 Å². The van der Waals surface area contributed by atoms with Crippen LogP contribution in [0.2, 0.25) is 0 Å². The van der Waals surface area contributed by atoms with Crippen LogP contribution in [-0.4, -0.2) is 22.6 Å². The first-order valence-electron chi connectivity index (χ1n) is 4.76. The highest BCUT2D eigenvalue weighted by Gasteiger charge is 2.08. The monoisotopic (exact) mass is 194 g/mol.